The van der Waals surface area contributed by atoms with Crippen LogP contribution >= 0.6 is 0 Å². The normalized spacial score (nSPS) is 30.3. The topological polar surface area (TPSA) is 66.8 Å². The second-order valence-corrected chi connectivity index (χ2v) is 8.48. The van der Waals surface area contributed by atoms with E-state index in [1.165, 1.54) is 0 Å². The highest BCUT2D eigenvalue weighted by Gasteiger charge is 2.41. The first kappa shape index (κ1) is 16.9. The number of ether oxygens (including phenoxy) is 1. The van der Waals surface area contributed by atoms with Gasteiger partial charge in [0.15, 0.2) is 0 Å². The van der Waals surface area contributed by atoms with Crippen molar-refractivity contribution in [3.05, 3.63) is 29.8 Å². The highest BCUT2D eigenvalue weighted by Crippen LogP contribution is 2.33. The Morgan fingerprint density at radius 1 is 1.26 bits per heavy atom. The summed E-state index contributed by atoms with van der Waals surface area (Å²) in [5.41, 5.74) is 0.925. The smallest absolute Gasteiger partial charge is 0.243 e. The van der Waals surface area contributed by atoms with Crippen LogP contribution in [0.4, 0.5) is 0 Å². The van der Waals surface area contributed by atoms with Gasteiger partial charge in [0, 0.05) is 12.5 Å². The van der Waals surface area contributed by atoms with Gasteiger partial charge in [-0.1, -0.05) is 25.0 Å². The Bertz CT molecular complexity index is 646. The van der Waals surface area contributed by atoms with Crippen LogP contribution in [0.1, 0.15) is 31.2 Å². The largest absolute Gasteiger partial charge is 0.393 e. The lowest BCUT2D eigenvalue weighted by Crippen LogP contribution is -2.54. The molecule has 2 aliphatic rings. The number of hydrogen-bond acceptors (Lipinski definition) is 4. The van der Waals surface area contributed by atoms with Crippen molar-refractivity contribution < 1.29 is 18.3 Å². The molecule has 3 unspecified atom stereocenters. The van der Waals surface area contributed by atoms with Crippen LogP contribution in [0.2, 0.25) is 0 Å². The van der Waals surface area contributed by atoms with Crippen molar-refractivity contribution in [2.45, 2.75) is 49.6 Å². The summed E-state index contributed by atoms with van der Waals surface area (Å²) >= 11 is 0. The lowest BCUT2D eigenvalue weighted by molar-refractivity contribution is -0.0379. The van der Waals surface area contributed by atoms with Crippen LogP contribution in [0, 0.1) is 12.8 Å². The summed E-state index contributed by atoms with van der Waals surface area (Å²) in [6, 6.07) is 6.74. The van der Waals surface area contributed by atoms with Crippen LogP contribution in [0.15, 0.2) is 29.2 Å². The number of aryl methyl sites for hydroxylation is 1. The van der Waals surface area contributed by atoms with Gasteiger partial charge in [0.25, 0.3) is 0 Å². The zero-order valence-electron chi connectivity index (χ0n) is 13.5. The lowest BCUT2D eigenvalue weighted by atomic mass is 9.81. The molecule has 0 aromatic heterocycles. The molecule has 0 spiro atoms. The van der Waals surface area contributed by atoms with E-state index >= 15 is 0 Å². The van der Waals surface area contributed by atoms with E-state index in [4.69, 9.17) is 4.74 Å². The van der Waals surface area contributed by atoms with E-state index < -0.39 is 16.1 Å². The Balaban J connectivity index is 1.91. The van der Waals surface area contributed by atoms with E-state index in [-0.39, 0.29) is 12.0 Å². The molecule has 1 aromatic rings. The molecule has 0 bridgehead atoms. The number of sulfonamides is 1. The summed E-state index contributed by atoms with van der Waals surface area (Å²) in [4.78, 5) is 0.328. The zero-order valence-corrected chi connectivity index (χ0v) is 14.3. The minimum Gasteiger partial charge on any atom is -0.393 e. The summed E-state index contributed by atoms with van der Waals surface area (Å²) in [5, 5.41) is 10.3. The van der Waals surface area contributed by atoms with Gasteiger partial charge < -0.3 is 9.84 Å². The third-order valence-corrected chi connectivity index (χ3v) is 6.91. The predicted molar refractivity (Wildman–Crippen MR) is 87.6 cm³/mol. The van der Waals surface area contributed by atoms with Crippen molar-refractivity contribution in [2.24, 2.45) is 5.92 Å². The van der Waals surface area contributed by atoms with Gasteiger partial charge in [-0.3, -0.25) is 0 Å². The van der Waals surface area contributed by atoms with Gasteiger partial charge in [0.05, 0.1) is 30.3 Å². The predicted octanol–water partition coefficient (Wildman–Crippen LogP) is 1.94. The van der Waals surface area contributed by atoms with Crippen LogP contribution in [-0.2, 0) is 14.8 Å². The maximum atomic E-state index is 13.1. The van der Waals surface area contributed by atoms with Gasteiger partial charge in [0.1, 0.15) is 0 Å². The Kier molecular flexibility index (Phi) is 5.06. The number of hydrogen-bond donors (Lipinski definition) is 1. The molecular formula is C17H25NO4S. The number of morpholine rings is 1. The van der Waals surface area contributed by atoms with E-state index in [0.717, 1.165) is 31.2 Å². The van der Waals surface area contributed by atoms with Gasteiger partial charge in [-0.2, -0.15) is 4.31 Å². The third kappa shape index (κ3) is 3.45. The minimum atomic E-state index is -3.56. The van der Waals surface area contributed by atoms with Gasteiger partial charge in [-0.05, 0) is 37.5 Å². The van der Waals surface area contributed by atoms with Crippen molar-refractivity contribution in [2.75, 3.05) is 19.8 Å². The van der Waals surface area contributed by atoms with E-state index in [2.05, 4.69) is 0 Å². The molecule has 1 saturated heterocycles. The third-order valence-electron chi connectivity index (χ3n) is 4.99. The van der Waals surface area contributed by atoms with Crippen molar-refractivity contribution in [1.29, 1.82) is 0 Å². The second-order valence-electron chi connectivity index (χ2n) is 6.59. The molecule has 2 fully saturated rings. The van der Waals surface area contributed by atoms with E-state index in [0.29, 0.717) is 24.7 Å². The molecule has 0 amide bonds. The SMILES string of the molecule is Cc1cccc(S(=O)(=O)N2CCOCC2C2CCCCC2O)c1. The monoisotopic (exact) mass is 339 g/mol. The van der Waals surface area contributed by atoms with Crippen molar-refractivity contribution in [3.8, 4) is 0 Å². The molecule has 1 heterocycles. The van der Waals surface area contributed by atoms with Gasteiger partial charge in [0.2, 0.25) is 10.0 Å². The fourth-order valence-electron chi connectivity index (χ4n) is 3.74. The summed E-state index contributed by atoms with van der Waals surface area (Å²) in [5.74, 6) is -0.0383. The zero-order chi connectivity index (χ0) is 16.4. The molecule has 3 rings (SSSR count). The van der Waals surface area contributed by atoms with Crippen molar-refractivity contribution in [1.82, 2.24) is 4.31 Å². The molecule has 128 valence electrons. The quantitative estimate of drug-likeness (QED) is 0.914. The van der Waals surface area contributed by atoms with Crippen LogP contribution in [-0.4, -0.2) is 49.7 Å². The number of benzene rings is 1. The van der Waals surface area contributed by atoms with Crippen LogP contribution in [0.5, 0.6) is 0 Å². The number of aliphatic hydroxyl groups is 1. The molecule has 1 aliphatic carbocycles. The first-order valence-corrected chi connectivity index (χ1v) is 9.78. The summed E-state index contributed by atoms with van der Waals surface area (Å²) in [7, 11) is -3.56. The van der Waals surface area contributed by atoms with E-state index in [1.54, 1.807) is 22.5 Å². The standard InChI is InChI=1S/C17H25NO4S/c1-13-5-4-6-14(11-13)23(20,21)18-9-10-22-12-16(18)15-7-2-3-8-17(15)19/h4-6,11,15-17,19H,2-3,7-10,12H2,1H3. The fraction of sp³-hybridized carbons (Fsp3) is 0.647. The first-order valence-electron chi connectivity index (χ1n) is 8.34. The van der Waals surface area contributed by atoms with Gasteiger partial charge in [-0.25, -0.2) is 8.42 Å². The summed E-state index contributed by atoms with van der Waals surface area (Å²) in [6.45, 7) is 3.02. The Labute approximate surface area is 138 Å². The lowest BCUT2D eigenvalue weighted by Gasteiger charge is -2.42. The Hall–Kier alpha value is -0.950. The van der Waals surface area contributed by atoms with Gasteiger partial charge >= 0.3 is 0 Å². The van der Waals surface area contributed by atoms with Crippen LogP contribution < -0.4 is 0 Å². The molecule has 6 heteroatoms. The minimum absolute atomic E-state index is 0.0383. The van der Waals surface area contributed by atoms with E-state index in [1.807, 2.05) is 13.0 Å². The van der Waals surface area contributed by atoms with Crippen LogP contribution in [0.25, 0.3) is 0 Å². The average Bonchev–Trinajstić information content (AvgIpc) is 2.55. The summed E-state index contributed by atoms with van der Waals surface area (Å²) < 4.78 is 33.3. The number of nitrogens with zero attached hydrogens (tertiary/aromatic N) is 1. The molecule has 0 radical (unpaired) electrons. The maximum absolute atomic E-state index is 13.1. The first-order chi connectivity index (χ1) is 11.0. The molecule has 1 aromatic carbocycles. The van der Waals surface area contributed by atoms with Gasteiger partial charge in [-0.15, -0.1) is 0 Å². The van der Waals surface area contributed by atoms with Crippen molar-refractivity contribution in [3.63, 3.8) is 0 Å². The number of aliphatic hydroxyl groups excluding tert-OH is 1. The molecule has 1 saturated carbocycles. The highest BCUT2D eigenvalue weighted by atomic mass is 32.2. The molecule has 5 nitrogen and oxygen atoms in total. The fourth-order valence-corrected chi connectivity index (χ4v) is 5.49. The summed E-state index contributed by atoms with van der Waals surface area (Å²) in [6.07, 6.45) is 3.21. The number of rotatable bonds is 3. The maximum Gasteiger partial charge on any atom is 0.243 e. The van der Waals surface area contributed by atoms with Crippen molar-refractivity contribution >= 4 is 10.0 Å². The Morgan fingerprint density at radius 2 is 2.04 bits per heavy atom. The van der Waals surface area contributed by atoms with Crippen LogP contribution in [0.3, 0.4) is 0 Å². The van der Waals surface area contributed by atoms with E-state index in [9.17, 15) is 13.5 Å². The molecule has 1 aliphatic heterocycles. The molecule has 3 atom stereocenters. The molecular weight excluding hydrogens is 314 g/mol. The highest BCUT2D eigenvalue weighted by molar-refractivity contribution is 7.89. The average molecular weight is 339 g/mol. The Morgan fingerprint density at radius 3 is 2.78 bits per heavy atom. The molecule has 23 heavy (non-hydrogen) atoms. The molecule has 1 N–H and O–H groups in total. The second kappa shape index (κ2) is 6.89.